The van der Waals surface area contributed by atoms with Crippen molar-refractivity contribution >= 4 is 5.97 Å². The smallest absolute Gasteiger partial charge is 0.310 e. The maximum atomic E-state index is 10.9. The monoisotopic (exact) mass is 153 g/mol. The number of nitrogens with one attached hydrogen (secondary N) is 1. The third-order valence-corrected chi connectivity index (χ3v) is 1.32. The van der Waals surface area contributed by atoms with Gasteiger partial charge in [0.1, 0.15) is 0 Å². The number of ether oxygens (including phenoxy) is 1. The molecule has 0 unspecified atom stereocenters. The molecule has 1 aromatic rings. The van der Waals surface area contributed by atoms with Crippen LogP contribution in [-0.2, 0) is 16.0 Å². The van der Waals surface area contributed by atoms with Crippen molar-refractivity contribution in [3.8, 4) is 0 Å². The van der Waals surface area contributed by atoms with E-state index >= 15 is 0 Å². The maximum Gasteiger partial charge on any atom is 0.310 e. The van der Waals surface area contributed by atoms with E-state index in [4.69, 9.17) is 4.74 Å². The Hall–Kier alpha value is -1.25. The van der Waals surface area contributed by atoms with Crippen LogP contribution in [0.5, 0.6) is 0 Å². The van der Waals surface area contributed by atoms with E-state index in [0.717, 1.165) is 5.56 Å². The summed E-state index contributed by atoms with van der Waals surface area (Å²) in [4.78, 5) is 13.7. The van der Waals surface area contributed by atoms with E-state index in [1.807, 2.05) is 6.07 Å². The van der Waals surface area contributed by atoms with Crippen molar-refractivity contribution in [2.45, 2.75) is 13.3 Å². The lowest BCUT2D eigenvalue weighted by Crippen LogP contribution is -2.06. The summed E-state index contributed by atoms with van der Waals surface area (Å²) < 4.78 is 4.76. The van der Waals surface area contributed by atoms with Gasteiger partial charge in [-0.1, -0.05) is 0 Å². The molecule has 0 fully saturated rings. The number of rotatable bonds is 3. The molecule has 1 N–H and O–H groups in total. The van der Waals surface area contributed by atoms with Crippen LogP contribution in [0.2, 0.25) is 0 Å². The largest absolute Gasteiger partial charge is 0.466 e. The Morgan fingerprint density at radius 1 is 1.73 bits per heavy atom. The highest BCUT2D eigenvalue weighted by Gasteiger charge is 2.02. The predicted octanol–water partition coefficient (Wildman–Crippen LogP) is 1.12. The van der Waals surface area contributed by atoms with Crippen molar-refractivity contribution in [2.24, 2.45) is 0 Å². The van der Waals surface area contributed by atoms with Gasteiger partial charge in [-0.3, -0.25) is 4.79 Å². The van der Waals surface area contributed by atoms with Crippen molar-refractivity contribution < 1.29 is 9.53 Å². The lowest BCUT2D eigenvalue weighted by molar-refractivity contribution is -0.142. The lowest BCUT2D eigenvalue weighted by Gasteiger charge is -1.97. The first kappa shape index (κ1) is 7.85. The normalized spacial score (nSPS) is 9.55. The van der Waals surface area contributed by atoms with E-state index in [2.05, 4.69) is 4.98 Å². The van der Waals surface area contributed by atoms with Crippen LogP contribution < -0.4 is 0 Å². The van der Waals surface area contributed by atoms with Gasteiger partial charge in [0.2, 0.25) is 0 Å². The second kappa shape index (κ2) is 3.81. The number of hydrogen-bond acceptors (Lipinski definition) is 2. The highest BCUT2D eigenvalue weighted by Crippen LogP contribution is 1.98. The fourth-order valence-electron chi connectivity index (χ4n) is 0.847. The summed E-state index contributed by atoms with van der Waals surface area (Å²) in [6.45, 7) is 2.25. The van der Waals surface area contributed by atoms with Gasteiger partial charge in [0.15, 0.2) is 0 Å². The summed E-state index contributed by atoms with van der Waals surface area (Å²) in [6.07, 6.45) is 3.93. The van der Waals surface area contributed by atoms with Crippen LogP contribution in [0.4, 0.5) is 0 Å². The molecule has 0 aliphatic rings. The van der Waals surface area contributed by atoms with Gasteiger partial charge in [0, 0.05) is 12.4 Å². The highest BCUT2D eigenvalue weighted by molar-refractivity contribution is 5.72. The standard InChI is InChI=1S/C8H11NO2/c1-2-11-8(10)5-7-3-4-9-6-7/h3-4,6,9H,2,5H2,1H3. The minimum absolute atomic E-state index is 0.174. The second-order valence-corrected chi connectivity index (χ2v) is 2.20. The van der Waals surface area contributed by atoms with Gasteiger partial charge in [0.25, 0.3) is 0 Å². The van der Waals surface area contributed by atoms with E-state index < -0.39 is 0 Å². The van der Waals surface area contributed by atoms with Crippen molar-refractivity contribution in [3.05, 3.63) is 24.0 Å². The number of carbonyl (C=O) groups is 1. The summed E-state index contributed by atoms with van der Waals surface area (Å²) in [7, 11) is 0. The Labute approximate surface area is 65.4 Å². The third kappa shape index (κ3) is 2.45. The van der Waals surface area contributed by atoms with Gasteiger partial charge in [-0.2, -0.15) is 0 Å². The van der Waals surface area contributed by atoms with Crippen LogP contribution >= 0.6 is 0 Å². The van der Waals surface area contributed by atoms with Gasteiger partial charge in [0.05, 0.1) is 13.0 Å². The Bertz CT molecular complexity index is 216. The van der Waals surface area contributed by atoms with Gasteiger partial charge in [-0.25, -0.2) is 0 Å². The second-order valence-electron chi connectivity index (χ2n) is 2.20. The summed E-state index contributed by atoms with van der Waals surface area (Å²) in [5, 5.41) is 0. The molecule has 1 heterocycles. The summed E-state index contributed by atoms with van der Waals surface area (Å²) >= 11 is 0. The van der Waals surface area contributed by atoms with Crippen LogP contribution in [0.15, 0.2) is 18.5 Å². The van der Waals surface area contributed by atoms with Crippen LogP contribution in [-0.4, -0.2) is 17.6 Å². The molecule has 0 saturated carbocycles. The first-order chi connectivity index (χ1) is 5.33. The lowest BCUT2D eigenvalue weighted by atomic mass is 10.2. The molecule has 11 heavy (non-hydrogen) atoms. The van der Waals surface area contributed by atoms with Crippen LogP contribution in [0.1, 0.15) is 12.5 Å². The van der Waals surface area contributed by atoms with Gasteiger partial charge in [-0.05, 0) is 18.6 Å². The SMILES string of the molecule is CCOC(=O)Cc1cc[nH]c1. The molecule has 0 aromatic carbocycles. The summed E-state index contributed by atoms with van der Waals surface area (Å²) in [5.41, 5.74) is 0.962. The van der Waals surface area contributed by atoms with Crippen molar-refractivity contribution in [1.82, 2.24) is 4.98 Å². The number of aromatic amines is 1. The van der Waals surface area contributed by atoms with Gasteiger partial charge in [-0.15, -0.1) is 0 Å². The van der Waals surface area contributed by atoms with Crippen molar-refractivity contribution in [3.63, 3.8) is 0 Å². The molecule has 0 spiro atoms. The van der Waals surface area contributed by atoms with Gasteiger partial charge >= 0.3 is 5.97 Å². The van der Waals surface area contributed by atoms with Crippen LogP contribution in [0.3, 0.4) is 0 Å². The first-order valence-corrected chi connectivity index (χ1v) is 3.60. The molecule has 0 aliphatic heterocycles. The van der Waals surface area contributed by atoms with E-state index in [9.17, 15) is 4.79 Å². The average molecular weight is 153 g/mol. The Balaban J connectivity index is 2.37. The average Bonchev–Trinajstić information content (AvgIpc) is 2.40. The molecule has 60 valence electrons. The van der Waals surface area contributed by atoms with Crippen LogP contribution in [0, 0.1) is 0 Å². The number of carbonyl (C=O) groups excluding carboxylic acids is 1. The minimum atomic E-state index is -0.174. The first-order valence-electron chi connectivity index (χ1n) is 3.60. The number of hydrogen-bond donors (Lipinski definition) is 1. The molecule has 0 saturated heterocycles. The fourth-order valence-corrected chi connectivity index (χ4v) is 0.847. The molecule has 1 aromatic heterocycles. The van der Waals surface area contributed by atoms with Gasteiger partial charge < -0.3 is 9.72 Å². The molecular formula is C8H11NO2. The van der Waals surface area contributed by atoms with E-state index in [-0.39, 0.29) is 5.97 Å². The number of H-pyrrole nitrogens is 1. The molecule has 3 nitrogen and oxygen atoms in total. The molecule has 3 heteroatoms. The number of aromatic nitrogens is 1. The topological polar surface area (TPSA) is 42.1 Å². The van der Waals surface area contributed by atoms with Crippen molar-refractivity contribution in [2.75, 3.05) is 6.61 Å². The van der Waals surface area contributed by atoms with Crippen molar-refractivity contribution in [1.29, 1.82) is 0 Å². The zero-order valence-corrected chi connectivity index (χ0v) is 6.46. The van der Waals surface area contributed by atoms with Crippen LogP contribution in [0.25, 0.3) is 0 Å². The Morgan fingerprint density at radius 2 is 2.55 bits per heavy atom. The van der Waals surface area contributed by atoms with E-state index in [1.165, 1.54) is 0 Å². The summed E-state index contributed by atoms with van der Waals surface area (Å²) in [5.74, 6) is -0.174. The van der Waals surface area contributed by atoms with E-state index in [1.54, 1.807) is 19.3 Å². The molecule has 0 bridgehead atoms. The summed E-state index contributed by atoms with van der Waals surface area (Å²) in [6, 6.07) is 1.86. The Morgan fingerprint density at radius 3 is 3.09 bits per heavy atom. The predicted molar refractivity (Wildman–Crippen MR) is 41.1 cm³/mol. The molecule has 0 atom stereocenters. The highest BCUT2D eigenvalue weighted by atomic mass is 16.5. The Kier molecular flexibility index (Phi) is 2.72. The zero-order valence-electron chi connectivity index (χ0n) is 6.46. The fraction of sp³-hybridized carbons (Fsp3) is 0.375. The quantitative estimate of drug-likeness (QED) is 0.661. The molecule has 0 amide bonds. The zero-order chi connectivity index (χ0) is 8.10. The van der Waals surface area contributed by atoms with E-state index in [0.29, 0.717) is 13.0 Å². The maximum absolute atomic E-state index is 10.9. The molecule has 0 radical (unpaired) electrons. The minimum Gasteiger partial charge on any atom is -0.466 e. The molecule has 0 aliphatic carbocycles. The molecule has 1 rings (SSSR count). The molecular weight excluding hydrogens is 142 g/mol. The third-order valence-electron chi connectivity index (χ3n) is 1.32. The number of esters is 1.